The zero-order chi connectivity index (χ0) is 21.8. The summed E-state index contributed by atoms with van der Waals surface area (Å²) in [6.07, 6.45) is 32.5. The molecule has 29 heavy (non-hydrogen) atoms. The van der Waals surface area contributed by atoms with Gasteiger partial charge in [-0.2, -0.15) is 0 Å². The Labute approximate surface area is 179 Å². The minimum absolute atomic E-state index is 0.319. The quantitative estimate of drug-likeness (QED) is 0.109. The Hall–Kier alpha value is -1.90. The van der Waals surface area contributed by atoms with Crippen LogP contribution in [0.15, 0.2) is 48.6 Å². The van der Waals surface area contributed by atoms with Gasteiger partial charge in [0.25, 0.3) is 0 Å². The number of hydrogen-bond acceptors (Lipinski definition) is 2. The van der Waals surface area contributed by atoms with Crippen molar-refractivity contribution in [1.82, 2.24) is 0 Å². The van der Waals surface area contributed by atoms with E-state index in [1.165, 1.54) is 32.1 Å². The lowest BCUT2D eigenvalue weighted by Crippen LogP contribution is -1.93. The van der Waals surface area contributed by atoms with Crippen LogP contribution in [0.4, 0.5) is 0 Å². The van der Waals surface area contributed by atoms with Crippen LogP contribution in [0.1, 0.15) is 104 Å². The lowest BCUT2D eigenvalue weighted by molar-refractivity contribution is -0.137. The minimum Gasteiger partial charge on any atom is -0.481 e. The molecular formula is C26H44O3. The maximum atomic E-state index is 10.3. The molecular weight excluding hydrogens is 360 g/mol. The average molecular weight is 405 g/mol. The molecule has 0 aromatic carbocycles. The van der Waals surface area contributed by atoms with Gasteiger partial charge in [0.05, 0.1) is 0 Å². The fraction of sp³-hybridized carbons (Fsp3) is 0.615. The molecule has 0 fully saturated rings. The highest BCUT2D eigenvalue weighted by molar-refractivity contribution is 5.66. The Morgan fingerprint density at radius 2 is 1.24 bits per heavy atom. The lowest BCUT2D eigenvalue weighted by atomic mass is 10.1. The second-order valence-electron chi connectivity index (χ2n) is 7.05. The van der Waals surface area contributed by atoms with Gasteiger partial charge in [0.15, 0.2) is 0 Å². The van der Waals surface area contributed by atoms with Gasteiger partial charge in [-0.15, -0.1) is 0 Å². The van der Waals surface area contributed by atoms with Crippen LogP contribution in [0.5, 0.6) is 0 Å². The highest BCUT2D eigenvalue weighted by Crippen LogP contribution is 2.07. The molecule has 0 saturated carbocycles. The van der Waals surface area contributed by atoms with Crippen molar-refractivity contribution in [3.05, 3.63) is 48.6 Å². The molecule has 1 N–H and O–H groups in total. The summed E-state index contributed by atoms with van der Waals surface area (Å²) in [5.74, 6) is -0.675. The molecule has 0 aliphatic carbocycles. The van der Waals surface area contributed by atoms with E-state index in [4.69, 9.17) is 5.11 Å². The van der Waals surface area contributed by atoms with E-state index < -0.39 is 5.97 Å². The molecule has 0 rings (SSSR count). The number of carbonyl (C=O) groups excluding carboxylic acids is 1. The van der Waals surface area contributed by atoms with Gasteiger partial charge in [0.2, 0.25) is 0 Å². The van der Waals surface area contributed by atoms with Gasteiger partial charge in [-0.1, -0.05) is 88.5 Å². The molecule has 3 nitrogen and oxygen atoms in total. The van der Waals surface area contributed by atoms with E-state index >= 15 is 0 Å². The van der Waals surface area contributed by atoms with Crippen molar-refractivity contribution >= 4 is 12.3 Å². The van der Waals surface area contributed by atoms with Crippen LogP contribution in [0.2, 0.25) is 0 Å². The number of allylic oxidation sites excluding steroid dienone is 8. The van der Waals surface area contributed by atoms with Crippen LogP contribution in [-0.2, 0) is 9.59 Å². The Kier molecular flexibility index (Phi) is 28.6. The number of carbonyl (C=O) groups is 2. The molecule has 3 heteroatoms. The van der Waals surface area contributed by atoms with Gasteiger partial charge >= 0.3 is 5.97 Å². The first kappa shape index (κ1) is 29.3. The summed E-state index contributed by atoms with van der Waals surface area (Å²) in [6.45, 7) is 4.32. The molecule has 0 amide bonds. The Morgan fingerprint density at radius 3 is 1.86 bits per heavy atom. The molecule has 0 saturated heterocycles. The molecule has 0 bridgehead atoms. The molecule has 0 aromatic heterocycles. The van der Waals surface area contributed by atoms with Gasteiger partial charge in [0.1, 0.15) is 6.29 Å². The molecule has 0 aliphatic rings. The zero-order valence-electron chi connectivity index (χ0n) is 18.9. The number of aldehydes is 1. The summed E-state index contributed by atoms with van der Waals surface area (Å²) in [5.41, 5.74) is 0. The van der Waals surface area contributed by atoms with Gasteiger partial charge in [-0.05, 0) is 57.4 Å². The predicted molar refractivity (Wildman–Crippen MR) is 126 cm³/mol. The highest BCUT2D eigenvalue weighted by atomic mass is 16.4. The zero-order valence-corrected chi connectivity index (χ0v) is 18.9. The average Bonchev–Trinajstić information content (AvgIpc) is 2.71. The molecule has 0 aliphatic heterocycles. The summed E-state index contributed by atoms with van der Waals surface area (Å²) in [7, 11) is 0. The maximum Gasteiger partial charge on any atom is 0.303 e. The van der Waals surface area contributed by atoms with Gasteiger partial charge in [0, 0.05) is 6.42 Å². The number of hydrogen-bond donors (Lipinski definition) is 1. The van der Waals surface area contributed by atoms with Crippen molar-refractivity contribution in [2.24, 2.45) is 0 Å². The molecule has 166 valence electrons. The van der Waals surface area contributed by atoms with Crippen LogP contribution >= 0.6 is 0 Å². The first-order valence-corrected chi connectivity index (χ1v) is 11.5. The fourth-order valence-corrected chi connectivity index (χ4v) is 2.56. The largest absolute Gasteiger partial charge is 0.481 e. The fourth-order valence-electron chi connectivity index (χ4n) is 2.56. The third-order valence-electron chi connectivity index (χ3n) is 4.23. The molecule has 0 spiro atoms. The molecule has 0 atom stereocenters. The van der Waals surface area contributed by atoms with Crippen LogP contribution in [-0.4, -0.2) is 17.4 Å². The first-order valence-electron chi connectivity index (χ1n) is 11.5. The molecule has 0 unspecified atom stereocenters. The first-order chi connectivity index (χ1) is 14.2. The van der Waals surface area contributed by atoms with E-state index in [0.29, 0.717) is 6.42 Å². The Morgan fingerprint density at radius 1 is 0.690 bits per heavy atom. The monoisotopic (exact) mass is 404 g/mol. The van der Waals surface area contributed by atoms with Crippen molar-refractivity contribution in [1.29, 1.82) is 0 Å². The van der Waals surface area contributed by atoms with Crippen molar-refractivity contribution in [3.8, 4) is 0 Å². The summed E-state index contributed by atoms with van der Waals surface area (Å²) in [6, 6.07) is 0. The maximum absolute atomic E-state index is 10.3. The van der Waals surface area contributed by atoms with E-state index in [2.05, 4.69) is 50.3 Å². The van der Waals surface area contributed by atoms with Crippen LogP contribution in [0.25, 0.3) is 0 Å². The summed E-state index contributed by atoms with van der Waals surface area (Å²) < 4.78 is 0. The molecule has 0 radical (unpaired) electrons. The summed E-state index contributed by atoms with van der Waals surface area (Å²) >= 11 is 0. The SMILES string of the molecule is CC/C=C\C/C=C\C/C=C\CCCCCCCC(=O)O.CCCCC/C=C/C=O. The normalized spacial score (nSPS) is 11.5. The van der Waals surface area contributed by atoms with Gasteiger partial charge < -0.3 is 5.11 Å². The third kappa shape index (κ3) is 34.0. The Balaban J connectivity index is 0. The van der Waals surface area contributed by atoms with Crippen LogP contribution in [0.3, 0.4) is 0 Å². The second kappa shape index (κ2) is 28.3. The molecule has 0 aromatic rings. The smallest absolute Gasteiger partial charge is 0.303 e. The van der Waals surface area contributed by atoms with Crippen molar-refractivity contribution in [2.45, 2.75) is 104 Å². The number of aliphatic carboxylic acids is 1. The third-order valence-corrected chi connectivity index (χ3v) is 4.23. The van der Waals surface area contributed by atoms with Gasteiger partial charge in [-0.25, -0.2) is 0 Å². The lowest BCUT2D eigenvalue weighted by Gasteiger charge is -1.98. The predicted octanol–water partition coefficient (Wildman–Crippen LogP) is 7.98. The topological polar surface area (TPSA) is 54.4 Å². The van der Waals surface area contributed by atoms with Crippen molar-refractivity contribution in [2.75, 3.05) is 0 Å². The summed E-state index contributed by atoms with van der Waals surface area (Å²) in [5, 5.41) is 8.50. The van der Waals surface area contributed by atoms with E-state index in [1.807, 2.05) is 6.08 Å². The number of carboxylic acids is 1. The van der Waals surface area contributed by atoms with Crippen LogP contribution < -0.4 is 0 Å². The number of rotatable bonds is 18. The van der Waals surface area contributed by atoms with E-state index in [9.17, 15) is 9.59 Å². The molecule has 0 heterocycles. The summed E-state index contributed by atoms with van der Waals surface area (Å²) in [4.78, 5) is 20.1. The van der Waals surface area contributed by atoms with E-state index in [0.717, 1.165) is 57.7 Å². The number of carboxylic acid groups (broad SMARTS) is 1. The van der Waals surface area contributed by atoms with Crippen LogP contribution in [0, 0.1) is 0 Å². The standard InChI is InChI=1S/C18H30O2.C8H14O/c1-2-3-4-5-6-7-8-9-10-11-12-13-14-15-16-17-18(19)20;1-2-3-4-5-6-7-8-9/h3-4,6-7,9-10H,2,5,8,11-17H2,1H3,(H,19,20);6-8H,2-5H2,1H3/b4-3-,7-6-,10-9-;7-6+. The second-order valence-corrected chi connectivity index (χ2v) is 7.05. The van der Waals surface area contributed by atoms with E-state index in [-0.39, 0.29) is 0 Å². The number of unbranched alkanes of at least 4 members (excludes halogenated alkanes) is 8. The van der Waals surface area contributed by atoms with E-state index in [1.54, 1.807) is 6.08 Å². The van der Waals surface area contributed by atoms with Crippen molar-refractivity contribution < 1.29 is 14.7 Å². The Bertz CT molecular complexity index is 459. The van der Waals surface area contributed by atoms with Gasteiger partial charge in [-0.3, -0.25) is 9.59 Å². The van der Waals surface area contributed by atoms with Crippen molar-refractivity contribution in [3.63, 3.8) is 0 Å². The highest BCUT2D eigenvalue weighted by Gasteiger charge is 1.95. The minimum atomic E-state index is -0.675.